The number of hydrogen-bond acceptors (Lipinski definition) is 6. The molecule has 25 heavy (non-hydrogen) atoms. The lowest BCUT2D eigenvalue weighted by Gasteiger charge is -2.16. The van der Waals surface area contributed by atoms with Gasteiger partial charge in [-0.05, 0) is 25.8 Å². The van der Waals surface area contributed by atoms with Crippen molar-refractivity contribution >= 4 is 0 Å². The fourth-order valence-electron chi connectivity index (χ4n) is 3.17. The van der Waals surface area contributed by atoms with E-state index in [1.54, 1.807) is 20.4 Å². The summed E-state index contributed by atoms with van der Waals surface area (Å²) in [5.41, 5.74) is 5.29. The smallest absolute Gasteiger partial charge is 0.330 e. The van der Waals surface area contributed by atoms with Crippen molar-refractivity contribution in [2.45, 2.75) is 57.0 Å². The number of nitrogens with two attached hydrogens (primary N) is 1. The first-order valence-electron chi connectivity index (χ1n) is 8.82. The van der Waals surface area contributed by atoms with Gasteiger partial charge in [0.2, 0.25) is 0 Å². The van der Waals surface area contributed by atoms with Crippen LogP contribution in [-0.4, -0.2) is 49.1 Å². The highest BCUT2D eigenvalue weighted by atomic mass is 16.6. The molecule has 0 saturated carbocycles. The van der Waals surface area contributed by atoms with Crippen LogP contribution >= 0.6 is 0 Å². The Bertz CT molecular complexity index is 642. The molecular weight excluding hydrogens is 326 g/mol. The van der Waals surface area contributed by atoms with Crippen LogP contribution in [-0.2, 0) is 20.6 Å². The van der Waals surface area contributed by atoms with E-state index in [-0.39, 0.29) is 17.8 Å². The van der Waals surface area contributed by atoms with Crippen molar-refractivity contribution in [3.05, 3.63) is 32.6 Å². The quantitative estimate of drug-likeness (QED) is 0.593. The Morgan fingerprint density at radius 2 is 2.04 bits per heavy atom. The van der Waals surface area contributed by atoms with Gasteiger partial charge in [0.15, 0.2) is 0 Å². The topological polar surface area (TPSA) is 109 Å². The highest BCUT2D eigenvalue weighted by Gasteiger charge is 2.36. The largest absolute Gasteiger partial charge is 0.382 e. The van der Waals surface area contributed by atoms with Gasteiger partial charge in [0.1, 0.15) is 12.3 Å². The van der Waals surface area contributed by atoms with Gasteiger partial charge in [0.05, 0.1) is 12.7 Å². The number of rotatable bonds is 10. The molecule has 1 aromatic heterocycles. The van der Waals surface area contributed by atoms with Crippen molar-refractivity contribution in [3.63, 3.8) is 0 Å². The van der Waals surface area contributed by atoms with Crippen LogP contribution in [0.15, 0.2) is 15.8 Å². The summed E-state index contributed by atoms with van der Waals surface area (Å²) >= 11 is 0. The molecule has 2 rings (SSSR count). The Kier molecular flexibility index (Phi) is 7.83. The molecule has 0 amide bonds. The number of nitrogens with one attached hydrogen (secondary N) is 1. The van der Waals surface area contributed by atoms with Crippen LogP contribution in [0, 0.1) is 0 Å². The van der Waals surface area contributed by atoms with E-state index in [9.17, 15) is 9.59 Å². The van der Waals surface area contributed by atoms with Gasteiger partial charge in [0.25, 0.3) is 5.56 Å². The highest BCUT2D eigenvalue weighted by molar-refractivity contribution is 5.05. The number of ether oxygens (including phenoxy) is 3. The number of aromatic nitrogens is 2. The molecular formula is C17H29N3O5. The molecule has 1 fully saturated rings. The Morgan fingerprint density at radius 3 is 2.72 bits per heavy atom. The Hall–Kier alpha value is -1.48. The third-order valence-corrected chi connectivity index (χ3v) is 4.57. The molecule has 0 aromatic carbocycles. The Balaban J connectivity index is 2.09. The van der Waals surface area contributed by atoms with Crippen molar-refractivity contribution in [1.29, 1.82) is 0 Å². The van der Waals surface area contributed by atoms with Crippen molar-refractivity contribution in [1.82, 2.24) is 9.55 Å². The second-order valence-electron chi connectivity index (χ2n) is 6.37. The van der Waals surface area contributed by atoms with Gasteiger partial charge < -0.3 is 19.9 Å². The number of hydrogen-bond donors (Lipinski definition) is 2. The fraction of sp³-hybridized carbons (Fsp3) is 0.765. The first kappa shape index (κ1) is 19.8. The first-order chi connectivity index (χ1) is 12.1. The predicted molar refractivity (Wildman–Crippen MR) is 93.7 cm³/mol. The zero-order valence-corrected chi connectivity index (χ0v) is 15.0. The molecule has 3 N–H and O–H groups in total. The van der Waals surface area contributed by atoms with Crippen LogP contribution < -0.4 is 17.0 Å². The van der Waals surface area contributed by atoms with E-state index in [0.29, 0.717) is 31.6 Å². The van der Waals surface area contributed by atoms with Gasteiger partial charge in [0, 0.05) is 32.4 Å². The molecule has 0 radical (unpaired) electrons. The molecule has 1 aromatic rings. The zero-order valence-electron chi connectivity index (χ0n) is 15.0. The van der Waals surface area contributed by atoms with Crippen LogP contribution in [0.4, 0.5) is 0 Å². The first-order valence-corrected chi connectivity index (χ1v) is 8.82. The lowest BCUT2D eigenvalue weighted by atomic mass is 10.1. The summed E-state index contributed by atoms with van der Waals surface area (Å²) in [5.74, 6) is 0. The predicted octanol–water partition coefficient (Wildman–Crippen LogP) is 0.547. The van der Waals surface area contributed by atoms with Gasteiger partial charge >= 0.3 is 5.69 Å². The molecule has 3 atom stereocenters. The Morgan fingerprint density at radius 1 is 1.28 bits per heavy atom. The zero-order chi connectivity index (χ0) is 18.2. The average molecular weight is 355 g/mol. The second-order valence-corrected chi connectivity index (χ2v) is 6.37. The summed E-state index contributed by atoms with van der Waals surface area (Å²) < 4.78 is 17.9. The Labute approximate surface area is 147 Å². The number of unbranched alkanes of at least 4 members (excludes halogenated alkanes) is 3. The number of aryl methyl sites for hydroxylation is 1. The standard InChI is InChI=1S/C17H29N3O5/c1-23-11-14-13(24-2)9-15(25-14)20-10-12(16(21)19-17(20)22)7-5-3-4-6-8-18/h10,13-15H,3-9,11,18H2,1-2H3,(H,19,21,22)/t13?,14-,15-/m1/s1. The van der Waals surface area contributed by atoms with E-state index in [2.05, 4.69) is 4.98 Å². The van der Waals surface area contributed by atoms with Crippen molar-refractivity contribution in [2.75, 3.05) is 27.4 Å². The van der Waals surface area contributed by atoms with Crippen molar-refractivity contribution < 1.29 is 14.2 Å². The van der Waals surface area contributed by atoms with Crippen molar-refractivity contribution in [2.24, 2.45) is 5.73 Å². The maximum absolute atomic E-state index is 12.2. The van der Waals surface area contributed by atoms with Gasteiger partial charge in [-0.2, -0.15) is 0 Å². The summed E-state index contributed by atoms with van der Waals surface area (Å²) in [7, 11) is 3.21. The molecule has 2 heterocycles. The summed E-state index contributed by atoms with van der Waals surface area (Å²) in [4.78, 5) is 26.6. The minimum absolute atomic E-state index is 0.150. The lowest BCUT2D eigenvalue weighted by molar-refractivity contribution is -0.0618. The van der Waals surface area contributed by atoms with Crippen LogP contribution in [0.3, 0.4) is 0 Å². The van der Waals surface area contributed by atoms with E-state index < -0.39 is 11.9 Å². The molecule has 8 nitrogen and oxygen atoms in total. The molecule has 0 spiro atoms. The highest BCUT2D eigenvalue weighted by Crippen LogP contribution is 2.29. The van der Waals surface area contributed by atoms with Gasteiger partial charge in [-0.25, -0.2) is 4.79 Å². The number of nitrogens with zero attached hydrogens (tertiary/aromatic N) is 1. The maximum atomic E-state index is 12.2. The number of aromatic amines is 1. The van der Waals surface area contributed by atoms with Gasteiger partial charge in [-0.3, -0.25) is 14.3 Å². The molecule has 1 unspecified atom stereocenters. The normalized spacial score (nSPS) is 23.2. The summed E-state index contributed by atoms with van der Waals surface area (Å²) in [6.45, 7) is 1.08. The molecule has 142 valence electrons. The van der Waals surface area contributed by atoms with Crippen molar-refractivity contribution in [3.8, 4) is 0 Å². The molecule has 8 heteroatoms. The molecule has 0 bridgehead atoms. The molecule has 1 aliphatic heterocycles. The van der Waals surface area contributed by atoms with Crippen LogP contribution in [0.5, 0.6) is 0 Å². The van der Waals surface area contributed by atoms with Crippen LogP contribution in [0.25, 0.3) is 0 Å². The average Bonchev–Trinajstić information content (AvgIpc) is 2.99. The number of H-pyrrole nitrogens is 1. The fourth-order valence-corrected chi connectivity index (χ4v) is 3.17. The van der Waals surface area contributed by atoms with E-state index in [1.165, 1.54) is 4.57 Å². The number of methoxy groups -OCH3 is 2. The minimum Gasteiger partial charge on any atom is -0.382 e. The third kappa shape index (κ3) is 5.24. The van der Waals surface area contributed by atoms with Crippen LogP contribution in [0.2, 0.25) is 0 Å². The van der Waals surface area contributed by atoms with E-state index in [0.717, 1.165) is 25.7 Å². The summed E-state index contributed by atoms with van der Waals surface area (Å²) in [6.07, 6.45) is 5.87. The van der Waals surface area contributed by atoms with E-state index >= 15 is 0 Å². The summed E-state index contributed by atoms with van der Waals surface area (Å²) in [6, 6.07) is 0. The lowest BCUT2D eigenvalue weighted by Crippen LogP contribution is -2.34. The van der Waals surface area contributed by atoms with E-state index in [4.69, 9.17) is 19.9 Å². The van der Waals surface area contributed by atoms with Gasteiger partial charge in [-0.15, -0.1) is 0 Å². The summed E-state index contributed by atoms with van der Waals surface area (Å²) in [5, 5.41) is 0. The maximum Gasteiger partial charge on any atom is 0.330 e. The molecule has 1 aliphatic rings. The molecule has 1 saturated heterocycles. The SMILES string of the molecule is COC[C@H]1O[C@@H](n2cc(CCCCCCN)c(=O)[nH]c2=O)CC1OC. The van der Waals surface area contributed by atoms with Crippen LogP contribution in [0.1, 0.15) is 43.9 Å². The monoisotopic (exact) mass is 355 g/mol. The van der Waals surface area contributed by atoms with E-state index in [1.807, 2.05) is 0 Å². The minimum atomic E-state index is -0.467. The second kappa shape index (κ2) is 9.86. The molecule has 0 aliphatic carbocycles. The third-order valence-electron chi connectivity index (χ3n) is 4.57. The van der Waals surface area contributed by atoms with Gasteiger partial charge in [-0.1, -0.05) is 12.8 Å².